The number of allylic oxidation sites excluding steroid dienone is 2. The van der Waals surface area contributed by atoms with E-state index >= 15 is 0 Å². The number of benzene rings is 1. The summed E-state index contributed by atoms with van der Waals surface area (Å²) in [5, 5.41) is -1.53. The topological polar surface area (TPSA) is 17.1 Å². The molecule has 1 nitrogen and oxygen atoms in total. The van der Waals surface area contributed by atoms with Crippen LogP contribution in [0.2, 0.25) is 0 Å². The summed E-state index contributed by atoms with van der Waals surface area (Å²) in [6, 6.07) is 8.41. The molecule has 0 spiro atoms. The van der Waals surface area contributed by atoms with Crippen LogP contribution in [0.25, 0.3) is 5.57 Å². The van der Waals surface area contributed by atoms with Crippen molar-refractivity contribution in [1.82, 2.24) is 0 Å². The summed E-state index contributed by atoms with van der Waals surface area (Å²) >= 11 is 5.57. The van der Waals surface area contributed by atoms with Gasteiger partial charge in [-0.1, -0.05) is 30.3 Å². The van der Waals surface area contributed by atoms with Gasteiger partial charge in [0.05, 0.1) is 0 Å². The van der Waals surface area contributed by atoms with Gasteiger partial charge in [-0.15, -0.1) is 11.6 Å². The van der Waals surface area contributed by atoms with E-state index < -0.39 is 17.1 Å². The molecule has 0 bridgehead atoms. The van der Waals surface area contributed by atoms with E-state index in [0.29, 0.717) is 5.56 Å². The van der Waals surface area contributed by atoms with Crippen LogP contribution in [0.4, 0.5) is 8.78 Å². The number of hydrogen-bond acceptors (Lipinski definition) is 1. The Morgan fingerprint density at radius 3 is 2.25 bits per heavy atom. The highest BCUT2D eigenvalue weighted by atomic mass is 35.5. The summed E-state index contributed by atoms with van der Waals surface area (Å²) in [4.78, 5) is 11.6. The van der Waals surface area contributed by atoms with Gasteiger partial charge in [0.1, 0.15) is 5.38 Å². The molecule has 1 unspecified atom stereocenters. The summed E-state index contributed by atoms with van der Waals surface area (Å²) in [7, 11) is 0. The fraction of sp³-hybridized carbons (Fsp3) is 0.250. The van der Waals surface area contributed by atoms with Crippen molar-refractivity contribution in [2.45, 2.75) is 18.2 Å². The number of hydrogen-bond donors (Lipinski definition) is 0. The van der Waals surface area contributed by atoms with Crippen molar-refractivity contribution >= 4 is 23.0 Å². The van der Waals surface area contributed by atoms with Gasteiger partial charge in [0.25, 0.3) is 0 Å². The Labute approximate surface area is 96.7 Å². The minimum absolute atomic E-state index is 0.0469. The van der Waals surface area contributed by atoms with Crippen LogP contribution in [0.15, 0.2) is 35.9 Å². The van der Waals surface area contributed by atoms with Gasteiger partial charge in [-0.25, -0.2) is 0 Å². The third kappa shape index (κ3) is 1.47. The Morgan fingerprint density at radius 2 is 1.81 bits per heavy atom. The quantitative estimate of drug-likeness (QED) is 0.691. The minimum atomic E-state index is -3.49. The Hall–Kier alpha value is -1.22. The molecule has 16 heavy (non-hydrogen) atoms. The van der Waals surface area contributed by atoms with E-state index in [1.165, 1.54) is 6.92 Å². The van der Waals surface area contributed by atoms with Crippen LogP contribution in [-0.4, -0.2) is 17.1 Å². The lowest BCUT2D eigenvalue weighted by Crippen LogP contribution is -2.32. The molecule has 0 aromatic heterocycles. The standard InChI is InChI=1S/C12H9ClF2O/c1-7-9(8-5-3-2-4-6-8)11(16)12(14,15)10(7)13/h2-6,10H,1H3. The van der Waals surface area contributed by atoms with E-state index in [1.807, 2.05) is 0 Å². The summed E-state index contributed by atoms with van der Waals surface area (Å²) in [5.74, 6) is -4.67. The van der Waals surface area contributed by atoms with Gasteiger partial charge < -0.3 is 0 Å². The van der Waals surface area contributed by atoms with Crippen molar-refractivity contribution in [3.05, 3.63) is 41.5 Å². The van der Waals surface area contributed by atoms with E-state index in [9.17, 15) is 13.6 Å². The molecular formula is C12H9ClF2O. The number of ketones is 1. The Morgan fingerprint density at radius 1 is 1.25 bits per heavy atom. The predicted molar refractivity (Wildman–Crippen MR) is 58.6 cm³/mol. The highest BCUT2D eigenvalue weighted by Crippen LogP contribution is 2.43. The fourth-order valence-electron chi connectivity index (χ4n) is 1.82. The van der Waals surface area contributed by atoms with Gasteiger partial charge in [-0.05, 0) is 18.1 Å². The molecule has 0 radical (unpaired) electrons. The van der Waals surface area contributed by atoms with Crippen molar-refractivity contribution in [2.75, 3.05) is 0 Å². The zero-order valence-corrected chi connectivity index (χ0v) is 9.26. The second kappa shape index (κ2) is 3.67. The van der Waals surface area contributed by atoms with Crippen molar-refractivity contribution in [3.63, 3.8) is 0 Å². The molecule has 1 atom stereocenters. The number of halogens is 3. The summed E-state index contributed by atoms with van der Waals surface area (Å²) in [6.07, 6.45) is 0. The van der Waals surface area contributed by atoms with Crippen molar-refractivity contribution in [2.24, 2.45) is 0 Å². The zero-order chi connectivity index (χ0) is 11.9. The van der Waals surface area contributed by atoms with E-state index in [2.05, 4.69) is 0 Å². The van der Waals surface area contributed by atoms with Gasteiger partial charge in [0.15, 0.2) is 0 Å². The molecule has 1 aliphatic rings. The van der Waals surface area contributed by atoms with Gasteiger partial charge in [-0.2, -0.15) is 8.78 Å². The average molecular weight is 243 g/mol. The molecule has 0 N–H and O–H groups in total. The number of carbonyl (C=O) groups is 1. The molecule has 0 fully saturated rings. The number of Topliss-reactive ketones (excluding diaryl/α,β-unsaturated/α-hetero) is 1. The van der Waals surface area contributed by atoms with E-state index in [1.54, 1.807) is 30.3 Å². The third-order valence-electron chi connectivity index (χ3n) is 2.69. The first kappa shape index (κ1) is 11.3. The lowest BCUT2D eigenvalue weighted by molar-refractivity contribution is -0.134. The molecule has 84 valence electrons. The van der Waals surface area contributed by atoms with E-state index in [0.717, 1.165) is 0 Å². The molecule has 2 rings (SSSR count). The maximum absolute atomic E-state index is 13.4. The normalized spacial score (nSPS) is 24.0. The predicted octanol–water partition coefficient (Wildman–Crippen LogP) is 3.29. The minimum Gasteiger partial charge on any atom is -0.287 e. The molecule has 1 aromatic rings. The lowest BCUT2D eigenvalue weighted by atomic mass is 10.0. The van der Waals surface area contributed by atoms with Crippen molar-refractivity contribution in [1.29, 1.82) is 0 Å². The van der Waals surface area contributed by atoms with Crippen molar-refractivity contribution < 1.29 is 13.6 Å². The first-order valence-corrected chi connectivity index (χ1v) is 5.22. The second-order valence-corrected chi connectivity index (χ2v) is 4.18. The highest BCUT2D eigenvalue weighted by molar-refractivity contribution is 6.37. The van der Waals surface area contributed by atoms with Crippen LogP contribution < -0.4 is 0 Å². The molecular weight excluding hydrogens is 234 g/mol. The molecule has 0 saturated carbocycles. The number of carbonyl (C=O) groups excluding carboxylic acids is 1. The molecule has 0 heterocycles. The summed E-state index contributed by atoms with van der Waals surface area (Å²) in [5.41, 5.74) is 0.779. The molecule has 4 heteroatoms. The Kier molecular flexibility index (Phi) is 2.58. The van der Waals surface area contributed by atoms with Crippen molar-refractivity contribution in [3.8, 4) is 0 Å². The zero-order valence-electron chi connectivity index (χ0n) is 8.51. The monoisotopic (exact) mass is 242 g/mol. The fourth-order valence-corrected chi connectivity index (χ4v) is 2.03. The summed E-state index contributed by atoms with van der Waals surface area (Å²) < 4.78 is 26.8. The first-order valence-electron chi connectivity index (χ1n) is 4.79. The average Bonchev–Trinajstić information content (AvgIpc) is 2.42. The van der Waals surface area contributed by atoms with Gasteiger partial charge in [-0.3, -0.25) is 4.79 Å². The SMILES string of the molecule is CC1=C(c2ccccc2)C(=O)C(F)(F)C1Cl. The van der Waals surface area contributed by atoms with Gasteiger partial charge in [0.2, 0.25) is 5.78 Å². The smallest absolute Gasteiger partial charge is 0.287 e. The van der Waals surface area contributed by atoms with Crippen LogP contribution in [0.1, 0.15) is 12.5 Å². The van der Waals surface area contributed by atoms with Gasteiger partial charge in [0, 0.05) is 5.57 Å². The largest absolute Gasteiger partial charge is 0.329 e. The number of alkyl halides is 3. The third-order valence-corrected chi connectivity index (χ3v) is 3.29. The number of rotatable bonds is 1. The first-order chi connectivity index (χ1) is 7.46. The maximum atomic E-state index is 13.4. The second-order valence-electron chi connectivity index (χ2n) is 3.74. The van der Waals surface area contributed by atoms with Gasteiger partial charge >= 0.3 is 5.92 Å². The Bertz CT molecular complexity index is 465. The van der Waals surface area contributed by atoms with Crippen LogP contribution in [0, 0.1) is 0 Å². The highest BCUT2D eigenvalue weighted by Gasteiger charge is 2.54. The van der Waals surface area contributed by atoms with Crippen LogP contribution in [-0.2, 0) is 4.79 Å². The van der Waals surface area contributed by atoms with E-state index in [4.69, 9.17) is 11.6 Å². The summed E-state index contributed by atoms with van der Waals surface area (Å²) in [6.45, 7) is 1.47. The molecule has 0 aliphatic heterocycles. The van der Waals surface area contributed by atoms with Crippen LogP contribution in [0.3, 0.4) is 0 Å². The molecule has 0 saturated heterocycles. The van der Waals surface area contributed by atoms with Crippen LogP contribution >= 0.6 is 11.6 Å². The molecule has 0 amide bonds. The molecule has 1 aromatic carbocycles. The maximum Gasteiger partial charge on any atom is 0.329 e. The molecule has 1 aliphatic carbocycles. The van der Waals surface area contributed by atoms with E-state index in [-0.39, 0.29) is 11.1 Å². The Balaban J connectivity index is 2.55. The van der Waals surface area contributed by atoms with Crippen LogP contribution in [0.5, 0.6) is 0 Å². The lowest BCUT2D eigenvalue weighted by Gasteiger charge is -2.11.